The Morgan fingerprint density at radius 1 is 0.776 bits per heavy atom. The number of benzene rings is 2. The van der Waals surface area contributed by atoms with Crippen molar-refractivity contribution < 1.29 is 33.4 Å². The number of fused-ring (bicyclic) bond motifs is 6. The van der Waals surface area contributed by atoms with Crippen LogP contribution in [0.4, 0.5) is 0 Å². The van der Waals surface area contributed by atoms with Gasteiger partial charge in [-0.05, 0) is 61.1 Å². The van der Waals surface area contributed by atoms with Gasteiger partial charge in [-0.1, -0.05) is 73.1 Å². The Hall–Kier alpha value is -3.68. The summed E-state index contributed by atoms with van der Waals surface area (Å²) < 4.78 is 10.6. The van der Waals surface area contributed by atoms with Gasteiger partial charge in [-0.2, -0.15) is 5.26 Å². The number of nitriles is 1. The molecule has 0 saturated heterocycles. The first-order valence-corrected chi connectivity index (χ1v) is 17.3. The molecule has 0 heterocycles. The Morgan fingerprint density at radius 3 is 1.59 bits per heavy atom. The summed E-state index contributed by atoms with van der Waals surface area (Å²) in [5.74, 6) is -0.465. The van der Waals surface area contributed by atoms with Crippen LogP contribution in [-0.4, -0.2) is 42.3 Å². The Labute approximate surface area is 303 Å². The molecule has 13 heteroatoms. The summed E-state index contributed by atoms with van der Waals surface area (Å²) in [4.78, 5) is 61.2. The van der Waals surface area contributed by atoms with Gasteiger partial charge in [-0.25, -0.2) is 0 Å². The Balaban J connectivity index is 0.000000191. The summed E-state index contributed by atoms with van der Waals surface area (Å²) in [5.41, 5.74) is 6.82. The highest BCUT2D eigenvalue weighted by Gasteiger charge is 2.53. The Morgan fingerprint density at radius 2 is 1.20 bits per heavy atom. The van der Waals surface area contributed by atoms with E-state index in [4.69, 9.17) is 66.9 Å². The molecule has 2 atom stereocenters. The van der Waals surface area contributed by atoms with Gasteiger partial charge in [-0.3, -0.25) is 24.0 Å². The standard InChI is InChI=1S/C18H17Cl2NO4.C18H15Cl2NO3/c1-2-4-18-5-3-9(22)6-11(18)14-10(17(18)24)7-12(15(19)16(14)20)25-8-13(21)23;1-2-4-18-5-3-10(22)8-12(18)14-11(17(18)23)9-13(24-7-6-21)15(19)16(14)20/h6-7H,2-5,8H2,1H3,(H2,21,23);8-9H,2-5,7H2,1H3. The van der Waals surface area contributed by atoms with Gasteiger partial charge in [-0.15, -0.1) is 0 Å². The third-order valence-electron chi connectivity index (χ3n) is 9.50. The largest absolute Gasteiger partial charge is 0.482 e. The number of halogens is 4. The second-order valence-corrected chi connectivity index (χ2v) is 13.9. The molecule has 0 aliphatic heterocycles. The van der Waals surface area contributed by atoms with E-state index in [0.29, 0.717) is 71.9 Å². The van der Waals surface area contributed by atoms with Crippen LogP contribution in [0.25, 0.3) is 11.1 Å². The molecule has 1 amide bonds. The molecule has 2 aromatic carbocycles. The number of amides is 1. The van der Waals surface area contributed by atoms with Crippen molar-refractivity contribution in [1.29, 1.82) is 5.26 Å². The molecule has 2 unspecified atom stereocenters. The van der Waals surface area contributed by atoms with E-state index in [9.17, 15) is 24.0 Å². The molecule has 6 rings (SSSR count). The summed E-state index contributed by atoms with van der Waals surface area (Å²) in [6.45, 7) is 3.44. The van der Waals surface area contributed by atoms with E-state index in [1.54, 1.807) is 12.1 Å². The molecule has 0 spiro atoms. The van der Waals surface area contributed by atoms with Crippen LogP contribution in [0, 0.1) is 22.2 Å². The van der Waals surface area contributed by atoms with Gasteiger partial charge >= 0.3 is 0 Å². The van der Waals surface area contributed by atoms with E-state index >= 15 is 0 Å². The van der Waals surface area contributed by atoms with Crippen molar-refractivity contribution in [3.63, 3.8) is 0 Å². The van der Waals surface area contributed by atoms with Crippen molar-refractivity contribution in [2.45, 2.75) is 65.2 Å². The molecule has 0 radical (unpaired) electrons. The van der Waals surface area contributed by atoms with Gasteiger partial charge in [0.25, 0.3) is 5.91 Å². The van der Waals surface area contributed by atoms with Crippen molar-refractivity contribution in [3.05, 3.63) is 66.6 Å². The molecule has 4 aliphatic carbocycles. The second kappa shape index (κ2) is 14.3. The number of carbonyl (C=O) groups excluding carboxylic acids is 5. The molecule has 9 nitrogen and oxygen atoms in total. The van der Waals surface area contributed by atoms with Crippen LogP contribution >= 0.6 is 46.4 Å². The van der Waals surface area contributed by atoms with E-state index in [1.807, 2.05) is 19.9 Å². The van der Waals surface area contributed by atoms with Crippen LogP contribution < -0.4 is 15.2 Å². The normalized spacial score (nSPS) is 21.7. The highest BCUT2D eigenvalue weighted by Crippen LogP contribution is 2.59. The lowest BCUT2D eigenvalue weighted by molar-refractivity contribution is -0.120. The predicted molar refractivity (Wildman–Crippen MR) is 187 cm³/mol. The van der Waals surface area contributed by atoms with Crippen LogP contribution in [0.15, 0.2) is 24.3 Å². The van der Waals surface area contributed by atoms with Gasteiger partial charge in [0.05, 0.1) is 20.9 Å². The molecule has 0 bridgehead atoms. The van der Waals surface area contributed by atoms with Crippen LogP contribution in [0.2, 0.25) is 20.1 Å². The Bertz CT molecular complexity index is 1930. The molecule has 256 valence electrons. The number of hydrogen-bond donors (Lipinski definition) is 1. The van der Waals surface area contributed by atoms with E-state index in [2.05, 4.69) is 0 Å². The SMILES string of the molecule is CCCC12CCC(=O)C=C1c1c(cc(OCC#N)c(Cl)c1Cl)C2=O.CCCC12CCC(=O)C=C1c1c(cc(OCC(N)=O)c(Cl)c1Cl)C2=O. The summed E-state index contributed by atoms with van der Waals surface area (Å²) in [7, 11) is 0. The summed E-state index contributed by atoms with van der Waals surface area (Å²) in [5, 5.41) is 9.29. The number of carbonyl (C=O) groups is 5. The number of hydrogen-bond acceptors (Lipinski definition) is 8. The van der Waals surface area contributed by atoms with Crippen LogP contribution in [0.5, 0.6) is 11.5 Å². The van der Waals surface area contributed by atoms with Gasteiger partial charge in [0.1, 0.15) is 27.6 Å². The molecule has 2 N–H and O–H groups in total. The van der Waals surface area contributed by atoms with E-state index in [-0.39, 0.29) is 67.9 Å². The maximum Gasteiger partial charge on any atom is 0.255 e. The van der Waals surface area contributed by atoms with Crippen LogP contribution in [-0.2, 0) is 14.4 Å². The molecule has 0 aromatic heterocycles. The average molecular weight is 746 g/mol. The van der Waals surface area contributed by atoms with Crippen molar-refractivity contribution in [1.82, 2.24) is 0 Å². The van der Waals surface area contributed by atoms with Crippen molar-refractivity contribution >= 4 is 86.6 Å². The number of ether oxygens (including phenoxy) is 2. The summed E-state index contributed by atoms with van der Waals surface area (Å²) in [6.07, 6.45) is 7.59. The second-order valence-electron chi connectivity index (χ2n) is 12.4. The van der Waals surface area contributed by atoms with Crippen molar-refractivity contribution in [3.8, 4) is 17.6 Å². The van der Waals surface area contributed by atoms with Gasteiger partial charge in [0.2, 0.25) is 0 Å². The number of primary amides is 1. The van der Waals surface area contributed by atoms with Gasteiger partial charge in [0, 0.05) is 35.1 Å². The molecular weight excluding hydrogens is 714 g/mol. The molecule has 0 fully saturated rings. The lowest BCUT2D eigenvalue weighted by Crippen LogP contribution is -2.31. The highest BCUT2D eigenvalue weighted by molar-refractivity contribution is 6.46. The first-order chi connectivity index (χ1) is 23.3. The van der Waals surface area contributed by atoms with E-state index in [0.717, 1.165) is 12.8 Å². The molecule has 4 aliphatic rings. The first kappa shape index (κ1) is 36.6. The van der Waals surface area contributed by atoms with Crippen molar-refractivity contribution in [2.24, 2.45) is 16.6 Å². The fourth-order valence-corrected chi connectivity index (χ4v) is 8.46. The number of nitrogens with zero attached hydrogens (tertiary/aromatic N) is 1. The zero-order valence-electron chi connectivity index (χ0n) is 26.8. The highest BCUT2D eigenvalue weighted by atomic mass is 35.5. The van der Waals surface area contributed by atoms with Gasteiger partial charge < -0.3 is 15.2 Å². The number of rotatable bonds is 9. The zero-order valence-corrected chi connectivity index (χ0v) is 29.8. The zero-order chi connectivity index (χ0) is 35.8. The number of allylic oxidation sites excluding steroid dienone is 4. The molecular formula is C36H32Cl4N2O7. The third kappa shape index (κ3) is 6.18. The van der Waals surface area contributed by atoms with E-state index < -0.39 is 16.7 Å². The van der Waals surface area contributed by atoms with Gasteiger partial charge in [0.15, 0.2) is 36.3 Å². The minimum absolute atomic E-state index is 0.00521. The first-order valence-electron chi connectivity index (χ1n) is 15.8. The quantitative estimate of drug-likeness (QED) is 0.269. The lowest BCUT2D eigenvalue weighted by atomic mass is 9.69. The fourth-order valence-electron chi connectivity index (χ4n) is 7.45. The van der Waals surface area contributed by atoms with Crippen molar-refractivity contribution in [2.75, 3.05) is 13.2 Å². The number of ketones is 4. The molecule has 49 heavy (non-hydrogen) atoms. The molecule has 0 saturated carbocycles. The summed E-state index contributed by atoms with van der Waals surface area (Å²) in [6, 6.07) is 4.90. The predicted octanol–water partition coefficient (Wildman–Crippen LogP) is 8.21. The van der Waals surface area contributed by atoms with Crippen LogP contribution in [0.1, 0.15) is 97.1 Å². The monoisotopic (exact) mass is 744 g/mol. The molecule has 2 aromatic rings. The smallest absolute Gasteiger partial charge is 0.255 e. The average Bonchev–Trinajstić information content (AvgIpc) is 3.44. The van der Waals surface area contributed by atoms with Crippen LogP contribution in [0.3, 0.4) is 0 Å². The number of nitrogens with two attached hydrogens (primary N) is 1. The maximum absolute atomic E-state index is 13.2. The minimum Gasteiger partial charge on any atom is -0.482 e. The maximum atomic E-state index is 13.2. The lowest BCUT2D eigenvalue weighted by Gasteiger charge is -2.31. The minimum atomic E-state index is -0.736. The fraction of sp³-hybridized carbons (Fsp3) is 0.389. The third-order valence-corrected chi connectivity index (χ3v) is 11.2. The topological polar surface area (TPSA) is 154 Å². The Kier molecular flexibility index (Phi) is 10.7. The van der Waals surface area contributed by atoms with E-state index in [1.165, 1.54) is 12.1 Å². The number of Topliss-reactive ketones (excluding diaryl/α,β-unsaturated/α-hetero) is 2. The summed E-state index contributed by atoms with van der Waals surface area (Å²) >= 11 is 25.4.